The summed E-state index contributed by atoms with van der Waals surface area (Å²) in [4.78, 5) is 59.1. The lowest BCUT2D eigenvalue weighted by molar-refractivity contribution is -0.175. The fourth-order valence-corrected chi connectivity index (χ4v) is 9.68. The number of nitrogens with two attached hydrogens (primary N) is 1. The lowest BCUT2D eigenvalue weighted by Gasteiger charge is -2.37. The van der Waals surface area contributed by atoms with Crippen molar-refractivity contribution in [2.24, 2.45) is 5.73 Å². The number of carbonyl (C=O) groups is 3. The molecule has 15 heteroatoms. The number of hydrogen-bond acceptors (Lipinski definition) is 13. The zero-order chi connectivity index (χ0) is 48.4. The molecule has 1 amide bonds. The summed E-state index contributed by atoms with van der Waals surface area (Å²) in [5.41, 5.74) is 10.8. The molecule has 5 aromatic carbocycles. The molecule has 15 nitrogen and oxygen atoms in total. The molecule has 0 fully saturated rings. The molecule has 0 saturated heterocycles. The van der Waals surface area contributed by atoms with Gasteiger partial charge in [-0.05, 0) is 90.5 Å². The molecule has 0 aliphatic carbocycles. The third kappa shape index (κ3) is 8.47. The van der Waals surface area contributed by atoms with Crippen LogP contribution in [0.2, 0.25) is 0 Å². The standard InChI is InChI=1S/C55H51N5O10/c1-3-54(43-28-46-49-36(30-60(46)51(62)42(43)32-66-52(54)63)26-35-27-47-48(69-33-68-47)29-45(35)59-49)70-53(64)67-31-34-17-21-40(22-18-34)58-50(61)44(56)16-10-11-25-57-55(37-12-6-4-7-13-37,38-14-8-5-9-15-38)39-19-23-41(65-2)24-20-39/h4-9,12-15,17-24,26-29,44,57H,3,10-11,16,25,30-33,56H2,1-2H3,(H,58,61)/t44-,54-/m0/s1. The minimum Gasteiger partial charge on any atom is -0.497 e. The zero-order valence-electron chi connectivity index (χ0n) is 38.7. The van der Waals surface area contributed by atoms with Crippen LogP contribution in [0.5, 0.6) is 17.2 Å². The topological polar surface area (TPSA) is 192 Å². The number of unbranched alkanes of at least 4 members (excludes halogenated alkanes) is 1. The number of esters is 1. The molecule has 3 aliphatic rings. The summed E-state index contributed by atoms with van der Waals surface area (Å²) < 4.78 is 35.0. The van der Waals surface area contributed by atoms with Crippen LogP contribution >= 0.6 is 0 Å². The number of amides is 1. The van der Waals surface area contributed by atoms with E-state index in [1.54, 1.807) is 55.0 Å². The van der Waals surface area contributed by atoms with Gasteiger partial charge in [0.1, 0.15) is 19.0 Å². The van der Waals surface area contributed by atoms with E-state index >= 15 is 0 Å². The predicted molar refractivity (Wildman–Crippen MR) is 260 cm³/mol. The van der Waals surface area contributed by atoms with Crippen LogP contribution in [0.4, 0.5) is 10.5 Å². The van der Waals surface area contributed by atoms with Crippen molar-refractivity contribution in [2.45, 2.75) is 69.5 Å². The molecule has 10 rings (SSSR count). The highest BCUT2D eigenvalue weighted by Gasteiger charge is 2.51. The zero-order valence-corrected chi connectivity index (χ0v) is 38.7. The number of nitrogens with zero attached hydrogens (tertiary/aromatic N) is 2. The Hall–Kier alpha value is -8.01. The molecule has 7 aromatic rings. The summed E-state index contributed by atoms with van der Waals surface area (Å²) in [6, 6.07) is 42.1. The molecule has 0 saturated carbocycles. The van der Waals surface area contributed by atoms with Crippen LogP contribution in [0.15, 0.2) is 138 Å². The molecule has 70 heavy (non-hydrogen) atoms. The minimum absolute atomic E-state index is 0.0282. The molecule has 4 N–H and O–H groups in total. The minimum atomic E-state index is -1.94. The van der Waals surface area contributed by atoms with Crippen LogP contribution in [0.3, 0.4) is 0 Å². The maximum absolute atomic E-state index is 14.0. The van der Waals surface area contributed by atoms with E-state index in [0.29, 0.717) is 59.0 Å². The van der Waals surface area contributed by atoms with E-state index in [9.17, 15) is 19.2 Å². The van der Waals surface area contributed by atoms with Crippen LogP contribution in [0.25, 0.3) is 22.3 Å². The molecular weight excluding hydrogens is 891 g/mol. The number of fused-ring (bicyclic) bond motifs is 6. The van der Waals surface area contributed by atoms with Gasteiger partial charge in [0.15, 0.2) is 11.5 Å². The van der Waals surface area contributed by atoms with Gasteiger partial charge in [-0.25, -0.2) is 14.6 Å². The molecular formula is C55H51N5O10. The second-order valence-corrected chi connectivity index (χ2v) is 17.5. The van der Waals surface area contributed by atoms with Crippen molar-refractivity contribution in [3.8, 4) is 28.6 Å². The van der Waals surface area contributed by atoms with Crippen LogP contribution in [-0.4, -0.2) is 54.1 Å². The number of cyclic esters (lactones) is 1. The van der Waals surface area contributed by atoms with Gasteiger partial charge in [-0.2, -0.15) is 0 Å². The Labute approximate surface area is 403 Å². The monoisotopic (exact) mass is 941 g/mol. The smallest absolute Gasteiger partial charge is 0.497 e. The first-order chi connectivity index (χ1) is 34.1. The number of pyridine rings is 2. The molecule has 0 spiro atoms. The van der Waals surface area contributed by atoms with Crippen LogP contribution in [-0.2, 0) is 54.7 Å². The normalized spacial score (nSPS) is 15.8. The van der Waals surface area contributed by atoms with E-state index in [4.69, 9.17) is 39.1 Å². The highest BCUT2D eigenvalue weighted by atomic mass is 16.7. The molecule has 5 heterocycles. The van der Waals surface area contributed by atoms with Crippen molar-refractivity contribution in [1.82, 2.24) is 14.9 Å². The SMILES string of the molecule is CC[C@@]1(OC(=O)OCc2ccc(NC(=O)[C@@H](N)CCCCNC(c3ccccc3)(c3ccccc3)c3ccc(OC)cc3)cc2)C(=O)OCc2c1cc1n(c2=O)Cc2cc3cc4c(cc3nc2-1)OCO4. The second kappa shape index (κ2) is 19.2. The second-order valence-electron chi connectivity index (χ2n) is 17.5. The van der Waals surface area contributed by atoms with Crippen LogP contribution in [0.1, 0.15) is 71.6 Å². The summed E-state index contributed by atoms with van der Waals surface area (Å²) in [7, 11) is 1.66. The predicted octanol–water partition coefficient (Wildman–Crippen LogP) is 8.20. The van der Waals surface area contributed by atoms with Gasteiger partial charge in [-0.3, -0.25) is 14.9 Å². The van der Waals surface area contributed by atoms with E-state index in [1.807, 2.05) is 60.7 Å². The molecule has 3 aliphatic heterocycles. The maximum Gasteiger partial charge on any atom is 0.510 e. The van der Waals surface area contributed by atoms with Crippen LogP contribution in [0, 0.1) is 0 Å². The molecule has 2 atom stereocenters. The molecule has 0 radical (unpaired) electrons. The molecule has 356 valence electrons. The summed E-state index contributed by atoms with van der Waals surface area (Å²) in [6.45, 7) is 2.23. The van der Waals surface area contributed by atoms with Gasteiger partial charge in [0.05, 0.1) is 47.7 Å². The lowest BCUT2D eigenvalue weighted by atomic mass is 9.77. The number of hydrogen-bond donors (Lipinski definition) is 3. The van der Waals surface area contributed by atoms with E-state index in [2.05, 4.69) is 47.0 Å². The fourth-order valence-electron chi connectivity index (χ4n) is 9.68. The average Bonchev–Trinajstić information content (AvgIpc) is 4.01. The molecule has 2 aromatic heterocycles. The number of aromatic nitrogens is 2. The highest BCUT2D eigenvalue weighted by molar-refractivity contribution is 5.94. The third-order valence-electron chi connectivity index (χ3n) is 13.4. The van der Waals surface area contributed by atoms with Crippen molar-refractivity contribution in [3.63, 3.8) is 0 Å². The lowest BCUT2D eigenvalue weighted by Crippen LogP contribution is -2.47. The van der Waals surface area contributed by atoms with Crippen molar-refractivity contribution in [1.29, 1.82) is 0 Å². The number of carbonyl (C=O) groups excluding carboxylic acids is 3. The summed E-state index contributed by atoms with van der Waals surface area (Å²) >= 11 is 0. The van der Waals surface area contributed by atoms with Crippen molar-refractivity contribution < 1.29 is 42.8 Å². The fraction of sp³-hybridized carbons (Fsp3) is 0.255. The van der Waals surface area contributed by atoms with Gasteiger partial charge < -0.3 is 44.0 Å². The summed E-state index contributed by atoms with van der Waals surface area (Å²) in [5.74, 6) is 0.838. The summed E-state index contributed by atoms with van der Waals surface area (Å²) in [5, 5.41) is 7.59. The number of nitrogens with one attached hydrogen (secondary N) is 2. The number of methoxy groups -OCH3 is 1. The Balaban J connectivity index is 0.748. The van der Waals surface area contributed by atoms with E-state index in [-0.39, 0.29) is 55.6 Å². The Bertz CT molecular complexity index is 3120. The van der Waals surface area contributed by atoms with Gasteiger partial charge >= 0.3 is 12.1 Å². The number of benzene rings is 5. The van der Waals surface area contributed by atoms with Gasteiger partial charge in [0.25, 0.3) is 5.56 Å². The van der Waals surface area contributed by atoms with Gasteiger partial charge in [0, 0.05) is 28.3 Å². The van der Waals surface area contributed by atoms with Crippen molar-refractivity contribution in [3.05, 3.63) is 183 Å². The highest BCUT2D eigenvalue weighted by Crippen LogP contribution is 2.43. The first-order valence-electron chi connectivity index (χ1n) is 23.3. The largest absolute Gasteiger partial charge is 0.510 e. The number of ether oxygens (including phenoxy) is 6. The molecule has 0 unspecified atom stereocenters. The van der Waals surface area contributed by atoms with Gasteiger partial charge in [-0.1, -0.05) is 98.3 Å². The van der Waals surface area contributed by atoms with Crippen molar-refractivity contribution >= 4 is 34.6 Å². The third-order valence-corrected chi connectivity index (χ3v) is 13.4. The Morgan fingerprint density at radius 3 is 2.21 bits per heavy atom. The van der Waals surface area contributed by atoms with Gasteiger partial charge in [0.2, 0.25) is 18.3 Å². The first kappa shape index (κ1) is 45.8. The van der Waals surface area contributed by atoms with Gasteiger partial charge in [-0.15, -0.1) is 0 Å². The van der Waals surface area contributed by atoms with Crippen LogP contribution < -0.4 is 36.1 Å². The molecule has 0 bridgehead atoms. The quantitative estimate of drug-likeness (QED) is 0.0478. The number of anilines is 1. The Morgan fingerprint density at radius 1 is 0.843 bits per heavy atom. The maximum atomic E-state index is 14.0. The Kier molecular flexibility index (Phi) is 12.5. The number of rotatable bonds is 16. The van der Waals surface area contributed by atoms with Crippen molar-refractivity contribution in [2.75, 3.05) is 25.8 Å². The Morgan fingerprint density at radius 2 is 1.53 bits per heavy atom. The first-order valence-corrected chi connectivity index (χ1v) is 23.3. The van der Waals surface area contributed by atoms with E-state index in [0.717, 1.165) is 39.8 Å². The summed E-state index contributed by atoms with van der Waals surface area (Å²) in [6.07, 6.45) is 0.783. The van der Waals surface area contributed by atoms with E-state index in [1.165, 1.54) is 0 Å². The van der Waals surface area contributed by atoms with E-state index < -0.39 is 29.3 Å². The average molecular weight is 942 g/mol.